The van der Waals surface area contributed by atoms with Crippen LogP contribution in [0.3, 0.4) is 0 Å². The van der Waals surface area contributed by atoms with Gasteiger partial charge in [-0.25, -0.2) is 0 Å². The summed E-state index contributed by atoms with van der Waals surface area (Å²) in [4.78, 5) is 19.0. The fourth-order valence-corrected chi connectivity index (χ4v) is 3.12. The number of carbonyl (C=O) groups is 1. The second kappa shape index (κ2) is 5.77. The van der Waals surface area contributed by atoms with E-state index >= 15 is 0 Å². The van der Waals surface area contributed by atoms with Gasteiger partial charge in [-0.3, -0.25) is 9.69 Å². The molecule has 1 aromatic heterocycles. The van der Waals surface area contributed by atoms with E-state index in [0.717, 1.165) is 31.1 Å². The molecule has 1 aromatic carbocycles. The van der Waals surface area contributed by atoms with Gasteiger partial charge < -0.3 is 9.84 Å². The lowest BCUT2D eigenvalue weighted by atomic mass is 10.1. The second-order valence-corrected chi connectivity index (χ2v) is 6.41. The highest BCUT2D eigenvalue weighted by Gasteiger charge is 2.34. The molecule has 1 amide bonds. The normalized spacial score (nSPS) is 21.5. The number of hydrogen-bond donors (Lipinski definition) is 1. The lowest BCUT2D eigenvalue weighted by Crippen LogP contribution is -2.37. The average Bonchev–Trinajstić information content (AvgIpc) is 3.16. The Hall–Kier alpha value is -2.21. The van der Waals surface area contributed by atoms with E-state index in [-0.39, 0.29) is 11.9 Å². The maximum Gasteiger partial charge on any atom is 0.257 e. The first-order valence-electron chi connectivity index (χ1n) is 8.15. The van der Waals surface area contributed by atoms with Crippen molar-refractivity contribution in [3.8, 4) is 11.5 Å². The van der Waals surface area contributed by atoms with Gasteiger partial charge in [0.1, 0.15) is 0 Å². The SMILES string of the molecule is Cc1noc(-c2ccc(C(=O)N[C@@H]3CCN(C4CC4)C3)cc2)n1. The first kappa shape index (κ1) is 14.4. The van der Waals surface area contributed by atoms with Crippen molar-refractivity contribution in [2.75, 3.05) is 13.1 Å². The van der Waals surface area contributed by atoms with Crippen LogP contribution in [0.1, 0.15) is 35.4 Å². The van der Waals surface area contributed by atoms with E-state index in [9.17, 15) is 4.79 Å². The summed E-state index contributed by atoms with van der Waals surface area (Å²) in [7, 11) is 0. The molecule has 2 aromatic rings. The molecule has 4 rings (SSSR count). The molecule has 120 valence electrons. The van der Waals surface area contributed by atoms with Crippen molar-refractivity contribution < 1.29 is 9.32 Å². The Balaban J connectivity index is 1.38. The summed E-state index contributed by atoms with van der Waals surface area (Å²) in [5.41, 5.74) is 1.48. The minimum absolute atomic E-state index is 0.0130. The molecule has 1 aliphatic carbocycles. The van der Waals surface area contributed by atoms with Crippen molar-refractivity contribution in [2.24, 2.45) is 0 Å². The maximum absolute atomic E-state index is 12.4. The molecule has 0 radical (unpaired) electrons. The van der Waals surface area contributed by atoms with Gasteiger partial charge in [-0.15, -0.1) is 0 Å². The van der Waals surface area contributed by atoms with Gasteiger partial charge in [0.15, 0.2) is 5.82 Å². The fraction of sp³-hybridized carbons (Fsp3) is 0.471. The Morgan fingerprint density at radius 1 is 1.26 bits per heavy atom. The van der Waals surface area contributed by atoms with Gasteiger partial charge in [0.25, 0.3) is 11.8 Å². The van der Waals surface area contributed by atoms with Crippen LogP contribution >= 0.6 is 0 Å². The van der Waals surface area contributed by atoms with E-state index in [1.165, 1.54) is 12.8 Å². The molecule has 0 spiro atoms. The minimum Gasteiger partial charge on any atom is -0.348 e. The third-order valence-electron chi connectivity index (χ3n) is 4.54. The highest BCUT2D eigenvalue weighted by atomic mass is 16.5. The van der Waals surface area contributed by atoms with E-state index in [0.29, 0.717) is 17.3 Å². The summed E-state index contributed by atoms with van der Waals surface area (Å²) < 4.78 is 5.13. The Labute approximate surface area is 134 Å². The van der Waals surface area contributed by atoms with Gasteiger partial charge in [-0.1, -0.05) is 5.16 Å². The number of benzene rings is 1. The van der Waals surface area contributed by atoms with Crippen molar-refractivity contribution in [3.05, 3.63) is 35.7 Å². The molecule has 1 saturated heterocycles. The van der Waals surface area contributed by atoms with E-state index in [1.807, 2.05) is 12.1 Å². The van der Waals surface area contributed by atoms with Crippen LogP contribution in [0.2, 0.25) is 0 Å². The van der Waals surface area contributed by atoms with Gasteiger partial charge in [-0.2, -0.15) is 4.98 Å². The zero-order valence-electron chi connectivity index (χ0n) is 13.2. The molecule has 2 heterocycles. The van der Waals surface area contributed by atoms with Crippen molar-refractivity contribution in [3.63, 3.8) is 0 Å². The Morgan fingerprint density at radius 2 is 2.04 bits per heavy atom. The largest absolute Gasteiger partial charge is 0.348 e. The summed E-state index contributed by atoms with van der Waals surface area (Å²) in [6, 6.07) is 8.32. The molecular formula is C17H20N4O2. The van der Waals surface area contributed by atoms with Gasteiger partial charge >= 0.3 is 0 Å². The number of aromatic nitrogens is 2. The van der Waals surface area contributed by atoms with Crippen molar-refractivity contribution in [1.82, 2.24) is 20.4 Å². The van der Waals surface area contributed by atoms with Crippen LogP contribution in [0, 0.1) is 6.92 Å². The molecule has 1 N–H and O–H groups in total. The third kappa shape index (κ3) is 3.12. The molecule has 6 nitrogen and oxygen atoms in total. The molecule has 1 atom stereocenters. The number of nitrogens with zero attached hydrogens (tertiary/aromatic N) is 3. The van der Waals surface area contributed by atoms with Crippen molar-refractivity contribution in [1.29, 1.82) is 0 Å². The molecular weight excluding hydrogens is 292 g/mol. The van der Waals surface area contributed by atoms with Crippen molar-refractivity contribution in [2.45, 2.75) is 38.3 Å². The van der Waals surface area contributed by atoms with Gasteiger partial charge in [-0.05, 0) is 50.5 Å². The van der Waals surface area contributed by atoms with Gasteiger partial charge in [0.2, 0.25) is 0 Å². The van der Waals surface area contributed by atoms with Gasteiger partial charge in [0, 0.05) is 36.3 Å². The smallest absolute Gasteiger partial charge is 0.257 e. The quantitative estimate of drug-likeness (QED) is 0.935. The Morgan fingerprint density at radius 3 is 2.70 bits per heavy atom. The minimum atomic E-state index is -0.0130. The zero-order valence-corrected chi connectivity index (χ0v) is 13.2. The van der Waals surface area contributed by atoms with E-state index < -0.39 is 0 Å². The van der Waals surface area contributed by atoms with E-state index in [1.54, 1.807) is 19.1 Å². The Bertz CT molecular complexity index is 706. The highest BCUT2D eigenvalue weighted by Crippen LogP contribution is 2.29. The van der Waals surface area contributed by atoms with Gasteiger partial charge in [0.05, 0.1) is 0 Å². The molecule has 6 heteroatoms. The topological polar surface area (TPSA) is 71.3 Å². The summed E-state index contributed by atoms with van der Waals surface area (Å²) in [6.45, 7) is 3.86. The standard InChI is InChI=1S/C17H20N4O2/c1-11-18-17(23-20-11)13-4-2-12(3-5-13)16(22)19-14-8-9-21(10-14)15-6-7-15/h2-5,14-15H,6-10H2,1H3,(H,19,22)/t14-/m1/s1. The molecule has 23 heavy (non-hydrogen) atoms. The van der Waals surface area contributed by atoms with Crippen LogP contribution in [-0.4, -0.2) is 46.1 Å². The van der Waals surface area contributed by atoms with Crippen molar-refractivity contribution >= 4 is 5.91 Å². The van der Waals surface area contributed by atoms with Crippen LogP contribution in [0.5, 0.6) is 0 Å². The molecule has 0 unspecified atom stereocenters. The number of carbonyl (C=O) groups excluding carboxylic acids is 1. The fourth-order valence-electron chi connectivity index (χ4n) is 3.12. The summed E-state index contributed by atoms with van der Waals surface area (Å²) in [6.07, 6.45) is 3.68. The maximum atomic E-state index is 12.4. The molecule has 0 bridgehead atoms. The number of likely N-dealkylation sites (tertiary alicyclic amines) is 1. The summed E-state index contributed by atoms with van der Waals surface area (Å²) >= 11 is 0. The first-order chi connectivity index (χ1) is 11.2. The Kier molecular flexibility index (Phi) is 3.61. The molecule has 1 saturated carbocycles. The number of nitrogens with one attached hydrogen (secondary N) is 1. The lowest BCUT2D eigenvalue weighted by molar-refractivity contribution is 0.0937. The number of rotatable bonds is 4. The second-order valence-electron chi connectivity index (χ2n) is 6.41. The van der Waals surface area contributed by atoms with Crippen LogP contribution in [0.4, 0.5) is 0 Å². The van der Waals surface area contributed by atoms with Crippen LogP contribution in [-0.2, 0) is 0 Å². The summed E-state index contributed by atoms with van der Waals surface area (Å²) in [5, 5.41) is 6.91. The number of aryl methyl sites for hydroxylation is 1. The predicted molar refractivity (Wildman–Crippen MR) is 84.9 cm³/mol. The predicted octanol–water partition coefficient (Wildman–Crippen LogP) is 2.01. The van der Waals surface area contributed by atoms with Crippen LogP contribution in [0.15, 0.2) is 28.8 Å². The molecule has 2 fully saturated rings. The van der Waals surface area contributed by atoms with E-state index in [2.05, 4.69) is 20.4 Å². The average molecular weight is 312 g/mol. The molecule has 1 aliphatic heterocycles. The number of amides is 1. The third-order valence-corrected chi connectivity index (χ3v) is 4.54. The first-order valence-corrected chi connectivity index (χ1v) is 8.15. The van der Waals surface area contributed by atoms with E-state index in [4.69, 9.17) is 4.52 Å². The molecule has 2 aliphatic rings. The van der Waals surface area contributed by atoms with Crippen LogP contribution < -0.4 is 5.32 Å². The van der Waals surface area contributed by atoms with Crippen LogP contribution in [0.25, 0.3) is 11.5 Å². The highest BCUT2D eigenvalue weighted by molar-refractivity contribution is 5.94. The number of hydrogen-bond acceptors (Lipinski definition) is 5. The monoisotopic (exact) mass is 312 g/mol. The lowest BCUT2D eigenvalue weighted by Gasteiger charge is -2.15. The zero-order chi connectivity index (χ0) is 15.8. The summed E-state index contributed by atoms with van der Waals surface area (Å²) in [5.74, 6) is 1.06.